The topological polar surface area (TPSA) is 79.8 Å². The predicted molar refractivity (Wildman–Crippen MR) is 119 cm³/mol. The van der Waals surface area contributed by atoms with E-state index >= 15 is 0 Å². The van der Waals surface area contributed by atoms with Crippen molar-refractivity contribution in [2.45, 2.75) is 49.9 Å². The van der Waals surface area contributed by atoms with Crippen LogP contribution < -0.4 is 4.31 Å². The summed E-state index contributed by atoms with van der Waals surface area (Å²) in [4.78, 5) is 18.4. The molecule has 4 rings (SSSR count). The van der Waals surface area contributed by atoms with Crippen LogP contribution in [-0.2, 0) is 21.3 Å². The first-order valence-electron chi connectivity index (χ1n) is 10.8. The van der Waals surface area contributed by atoms with Gasteiger partial charge in [0.2, 0.25) is 10.0 Å². The first-order valence-corrected chi connectivity index (χ1v) is 12.3. The number of hydrogen-bond donors (Lipinski definition) is 0. The minimum atomic E-state index is -3.57. The maximum Gasteiger partial charge on any atom is 0.339 e. The zero-order valence-corrected chi connectivity index (χ0v) is 18.6. The van der Waals surface area contributed by atoms with Gasteiger partial charge < -0.3 is 9.64 Å². The van der Waals surface area contributed by atoms with Crippen LogP contribution >= 0.6 is 0 Å². The van der Waals surface area contributed by atoms with Crippen LogP contribution in [0.15, 0.2) is 48.7 Å². The number of para-hydroxylation sites is 1. The van der Waals surface area contributed by atoms with E-state index in [9.17, 15) is 13.2 Å². The highest BCUT2D eigenvalue weighted by atomic mass is 32.2. The zero-order valence-electron chi connectivity index (χ0n) is 17.8. The molecule has 0 radical (unpaired) electrons. The average Bonchev–Trinajstić information content (AvgIpc) is 2.77. The number of esters is 1. The van der Waals surface area contributed by atoms with E-state index in [1.807, 2.05) is 30.3 Å². The summed E-state index contributed by atoms with van der Waals surface area (Å²) in [5.74, 6) is -0.468. The molecule has 0 N–H and O–H groups in total. The molecule has 0 unspecified atom stereocenters. The van der Waals surface area contributed by atoms with E-state index < -0.39 is 21.2 Å². The first kappa shape index (κ1) is 21.8. The minimum absolute atomic E-state index is 0.122. The summed E-state index contributed by atoms with van der Waals surface area (Å²) in [6, 6.07) is 13.1. The number of rotatable bonds is 7. The van der Waals surface area contributed by atoms with Crippen molar-refractivity contribution >= 4 is 21.7 Å². The summed E-state index contributed by atoms with van der Waals surface area (Å²) in [7, 11) is -2.25. The SMILES string of the molecule is COC(=O)c1ccc(CN(c2ccccc2)S(=O)(=O)C2CCN(C3CCC3)CC2)nc1. The van der Waals surface area contributed by atoms with E-state index in [0.29, 0.717) is 35.8 Å². The van der Waals surface area contributed by atoms with Crippen LogP contribution in [0.2, 0.25) is 0 Å². The number of anilines is 1. The second-order valence-electron chi connectivity index (χ2n) is 8.24. The maximum absolute atomic E-state index is 13.7. The number of benzene rings is 1. The van der Waals surface area contributed by atoms with Crippen molar-refractivity contribution in [3.05, 3.63) is 59.9 Å². The van der Waals surface area contributed by atoms with Gasteiger partial charge in [-0.3, -0.25) is 9.29 Å². The van der Waals surface area contributed by atoms with Crippen LogP contribution in [0.3, 0.4) is 0 Å². The largest absolute Gasteiger partial charge is 0.465 e. The molecule has 0 amide bonds. The van der Waals surface area contributed by atoms with Crippen molar-refractivity contribution in [1.29, 1.82) is 0 Å². The number of likely N-dealkylation sites (tertiary alicyclic amines) is 1. The van der Waals surface area contributed by atoms with E-state index in [1.165, 1.54) is 36.9 Å². The minimum Gasteiger partial charge on any atom is -0.465 e. The normalized spacial score (nSPS) is 18.4. The van der Waals surface area contributed by atoms with Crippen LogP contribution in [0.1, 0.15) is 48.2 Å². The van der Waals surface area contributed by atoms with Gasteiger partial charge in [0.1, 0.15) is 0 Å². The van der Waals surface area contributed by atoms with E-state index in [4.69, 9.17) is 4.74 Å². The molecule has 31 heavy (non-hydrogen) atoms. The molecule has 2 heterocycles. The highest BCUT2D eigenvalue weighted by molar-refractivity contribution is 7.93. The molecule has 1 aliphatic heterocycles. The average molecular weight is 444 g/mol. The number of pyridine rings is 1. The molecule has 166 valence electrons. The Hall–Kier alpha value is -2.45. The molecule has 8 heteroatoms. The van der Waals surface area contributed by atoms with Gasteiger partial charge in [0.25, 0.3) is 0 Å². The van der Waals surface area contributed by atoms with Gasteiger partial charge in [0.15, 0.2) is 0 Å². The molecular formula is C23H29N3O4S. The van der Waals surface area contributed by atoms with Crippen LogP contribution in [0.25, 0.3) is 0 Å². The number of piperidine rings is 1. The molecule has 1 saturated carbocycles. The van der Waals surface area contributed by atoms with Crippen molar-refractivity contribution in [3.63, 3.8) is 0 Å². The fourth-order valence-corrected chi connectivity index (χ4v) is 6.19. The van der Waals surface area contributed by atoms with E-state index in [0.717, 1.165) is 13.1 Å². The summed E-state index contributed by atoms with van der Waals surface area (Å²) >= 11 is 0. The number of sulfonamides is 1. The first-order chi connectivity index (χ1) is 15.0. The summed E-state index contributed by atoms with van der Waals surface area (Å²) in [6.07, 6.45) is 6.48. The molecule has 2 fully saturated rings. The van der Waals surface area contributed by atoms with Gasteiger partial charge in [-0.05, 0) is 63.0 Å². The van der Waals surface area contributed by atoms with E-state index in [2.05, 4.69) is 9.88 Å². The smallest absolute Gasteiger partial charge is 0.339 e. The van der Waals surface area contributed by atoms with Gasteiger partial charge in [-0.1, -0.05) is 24.6 Å². The lowest BCUT2D eigenvalue weighted by atomic mass is 9.90. The van der Waals surface area contributed by atoms with Gasteiger partial charge in [-0.25, -0.2) is 13.2 Å². The number of ether oxygens (including phenoxy) is 1. The van der Waals surface area contributed by atoms with Crippen LogP contribution in [0.4, 0.5) is 5.69 Å². The molecule has 2 aromatic rings. The van der Waals surface area contributed by atoms with Gasteiger partial charge >= 0.3 is 5.97 Å². The maximum atomic E-state index is 13.7. The molecule has 1 aromatic heterocycles. The highest BCUT2D eigenvalue weighted by Gasteiger charge is 2.37. The summed E-state index contributed by atoms with van der Waals surface area (Å²) < 4.78 is 33.5. The standard InChI is InChI=1S/C23H29N3O4S/c1-30-23(27)18-10-11-19(24-16-18)17-26(21-6-3-2-4-7-21)31(28,29)22-12-14-25(15-13-22)20-8-5-9-20/h2-4,6-7,10-11,16,20,22H,5,8-9,12-15,17H2,1H3. The van der Waals surface area contributed by atoms with Gasteiger partial charge in [0, 0.05) is 12.2 Å². The Morgan fingerprint density at radius 1 is 1.10 bits per heavy atom. The van der Waals surface area contributed by atoms with Crippen molar-refractivity contribution in [2.24, 2.45) is 0 Å². The zero-order chi connectivity index (χ0) is 21.8. The molecule has 7 nitrogen and oxygen atoms in total. The second-order valence-corrected chi connectivity index (χ2v) is 10.4. The van der Waals surface area contributed by atoms with Gasteiger partial charge in [0.05, 0.1) is 35.8 Å². The third-order valence-corrected chi connectivity index (χ3v) is 8.66. The number of aromatic nitrogens is 1. The Labute approximate surface area is 184 Å². The lowest BCUT2D eigenvalue weighted by Gasteiger charge is -2.42. The van der Waals surface area contributed by atoms with Gasteiger partial charge in [-0.2, -0.15) is 0 Å². The highest BCUT2D eigenvalue weighted by Crippen LogP contribution is 2.31. The Morgan fingerprint density at radius 3 is 2.35 bits per heavy atom. The number of carbonyl (C=O) groups is 1. The lowest BCUT2D eigenvalue weighted by Crippen LogP contribution is -2.49. The van der Waals surface area contributed by atoms with Crippen LogP contribution in [0.5, 0.6) is 0 Å². The summed E-state index contributed by atoms with van der Waals surface area (Å²) in [5.41, 5.74) is 1.54. The Morgan fingerprint density at radius 2 is 1.81 bits per heavy atom. The molecule has 0 atom stereocenters. The quantitative estimate of drug-likeness (QED) is 0.612. The summed E-state index contributed by atoms with van der Waals surface area (Å²) in [6.45, 7) is 1.79. The fraction of sp³-hybridized carbons (Fsp3) is 0.478. The Balaban J connectivity index is 1.54. The second kappa shape index (κ2) is 9.36. The number of nitrogens with zero attached hydrogens (tertiary/aromatic N) is 3. The lowest BCUT2D eigenvalue weighted by molar-refractivity contribution is 0.0600. The van der Waals surface area contributed by atoms with Crippen molar-refractivity contribution in [3.8, 4) is 0 Å². The molecule has 1 saturated heterocycles. The summed E-state index contributed by atoms with van der Waals surface area (Å²) in [5, 5.41) is -0.404. The number of methoxy groups -OCH3 is 1. The third kappa shape index (κ3) is 4.75. The fourth-order valence-electron chi connectivity index (χ4n) is 4.30. The van der Waals surface area contributed by atoms with Crippen molar-refractivity contribution in [2.75, 3.05) is 24.5 Å². The van der Waals surface area contributed by atoms with Crippen LogP contribution in [-0.4, -0.2) is 55.8 Å². The van der Waals surface area contributed by atoms with E-state index in [-0.39, 0.29) is 6.54 Å². The van der Waals surface area contributed by atoms with Crippen molar-refractivity contribution in [1.82, 2.24) is 9.88 Å². The number of hydrogen-bond acceptors (Lipinski definition) is 6. The Bertz CT molecular complexity index is 983. The van der Waals surface area contributed by atoms with Crippen LogP contribution in [0, 0.1) is 0 Å². The van der Waals surface area contributed by atoms with Gasteiger partial charge in [-0.15, -0.1) is 0 Å². The molecule has 1 aliphatic carbocycles. The Kier molecular flexibility index (Phi) is 6.57. The monoisotopic (exact) mass is 443 g/mol. The molecule has 1 aromatic carbocycles. The third-order valence-electron chi connectivity index (χ3n) is 6.39. The van der Waals surface area contributed by atoms with Crippen molar-refractivity contribution < 1.29 is 17.9 Å². The molecule has 0 spiro atoms. The number of carbonyl (C=O) groups excluding carboxylic acids is 1. The molecule has 0 bridgehead atoms. The predicted octanol–water partition coefficient (Wildman–Crippen LogP) is 3.22. The molecule has 2 aliphatic rings. The van der Waals surface area contributed by atoms with E-state index in [1.54, 1.807) is 12.1 Å². The molecular weight excluding hydrogens is 414 g/mol.